The molecule has 5 nitrogen and oxygen atoms in total. The Kier molecular flexibility index (Phi) is 3.54. The lowest BCUT2D eigenvalue weighted by molar-refractivity contribution is 0.0948. The van der Waals surface area contributed by atoms with E-state index in [1.165, 1.54) is 19.0 Å². The first-order chi connectivity index (χ1) is 8.19. The summed E-state index contributed by atoms with van der Waals surface area (Å²) >= 11 is 1.82. The molecule has 2 rings (SSSR count). The Bertz CT molecular complexity index is 402. The summed E-state index contributed by atoms with van der Waals surface area (Å²) < 4.78 is 0.272. The number of anilines is 1. The van der Waals surface area contributed by atoms with E-state index in [0.29, 0.717) is 17.9 Å². The Morgan fingerprint density at radius 2 is 2.35 bits per heavy atom. The third-order valence-electron chi connectivity index (χ3n) is 2.97. The van der Waals surface area contributed by atoms with Crippen molar-refractivity contribution in [2.75, 3.05) is 18.2 Å². The predicted molar refractivity (Wildman–Crippen MR) is 69.9 cm³/mol. The minimum Gasteiger partial charge on any atom is -0.349 e. The summed E-state index contributed by atoms with van der Waals surface area (Å²) in [5, 5.41) is 2.92. The maximum absolute atomic E-state index is 11.8. The van der Waals surface area contributed by atoms with Crippen LogP contribution in [0, 0.1) is 0 Å². The van der Waals surface area contributed by atoms with Gasteiger partial charge < -0.3 is 10.7 Å². The Morgan fingerprint density at radius 1 is 1.59 bits per heavy atom. The molecular weight excluding hydrogens is 236 g/mol. The maximum Gasteiger partial charge on any atom is 0.269 e. The summed E-state index contributed by atoms with van der Waals surface area (Å²) in [7, 11) is 0. The van der Waals surface area contributed by atoms with E-state index in [-0.39, 0.29) is 10.7 Å². The highest BCUT2D eigenvalue weighted by Gasteiger charge is 2.41. The zero-order valence-corrected chi connectivity index (χ0v) is 10.5. The maximum atomic E-state index is 11.8. The van der Waals surface area contributed by atoms with Gasteiger partial charge in [-0.1, -0.05) is 0 Å². The average Bonchev–Trinajstić information content (AvgIpc) is 3.17. The summed E-state index contributed by atoms with van der Waals surface area (Å²) in [5.74, 6) is 5.09. The smallest absolute Gasteiger partial charge is 0.269 e. The molecule has 0 aliphatic heterocycles. The van der Waals surface area contributed by atoms with Crippen LogP contribution in [-0.4, -0.2) is 28.4 Å². The van der Waals surface area contributed by atoms with E-state index in [1.807, 2.05) is 11.8 Å². The van der Waals surface area contributed by atoms with Gasteiger partial charge in [0.25, 0.3) is 5.91 Å². The fourth-order valence-electron chi connectivity index (χ4n) is 1.54. The minimum absolute atomic E-state index is 0.131. The predicted octanol–water partition coefficient (Wildman–Crippen LogP) is 0.993. The Morgan fingerprint density at radius 3 is 2.82 bits per heavy atom. The number of nitrogen functional groups attached to an aromatic ring is 1. The van der Waals surface area contributed by atoms with Gasteiger partial charge in [-0.15, -0.1) is 0 Å². The molecule has 6 heteroatoms. The van der Waals surface area contributed by atoms with Crippen molar-refractivity contribution in [2.45, 2.75) is 17.6 Å². The van der Waals surface area contributed by atoms with Crippen molar-refractivity contribution < 1.29 is 4.79 Å². The standard InChI is InChI=1S/C11H16N4OS/c1-17-11(4-5-11)7-14-10(16)9-3-2-8(15-12)6-13-9/h2-3,6,15H,4-5,7,12H2,1H3,(H,14,16). The summed E-state index contributed by atoms with van der Waals surface area (Å²) in [5.41, 5.74) is 3.57. The van der Waals surface area contributed by atoms with Crippen LogP contribution in [0.1, 0.15) is 23.3 Å². The van der Waals surface area contributed by atoms with E-state index >= 15 is 0 Å². The second kappa shape index (κ2) is 4.93. The van der Waals surface area contributed by atoms with Gasteiger partial charge in [0.05, 0.1) is 11.9 Å². The molecule has 0 atom stereocenters. The van der Waals surface area contributed by atoms with Gasteiger partial charge in [-0.25, -0.2) is 4.98 Å². The van der Waals surface area contributed by atoms with Crippen molar-refractivity contribution >= 4 is 23.4 Å². The molecular formula is C11H16N4OS. The number of thioether (sulfide) groups is 1. The van der Waals surface area contributed by atoms with Gasteiger partial charge in [0, 0.05) is 11.3 Å². The minimum atomic E-state index is -0.131. The molecule has 1 aromatic rings. The molecule has 4 N–H and O–H groups in total. The van der Waals surface area contributed by atoms with Crippen molar-refractivity contribution in [1.82, 2.24) is 10.3 Å². The first-order valence-electron chi connectivity index (χ1n) is 5.45. The van der Waals surface area contributed by atoms with E-state index in [4.69, 9.17) is 5.84 Å². The number of nitrogens with one attached hydrogen (secondary N) is 2. The number of hydrazine groups is 1. The van der Waals surface area contributed by atoms with Gasteiger partial charge >= 0.3 is 0 Å². The molecule has 1 aromatic heterocycles. The molecule has 0 saturated heterocycles. The van der Waals surface area contributed by atoms with Crippen molar-refractivity contribution in [1.29, 1.82) is 0 Å². The molecule has 1 heterocycles. The Labute approximate surface area is 105 Å². The quantitative estimate of drug-likeness (QED) is 0.538. The van der Waals surface area contributed by atoms with Gasteiger partial charge in [0.2, 0.25) is 0 Å². The number of aromatic nitrogens is 1. The molecule has 0 bridgehead atoms. The molecule has 1 saturated carbocycles. The van der Waals surface area contributed by atoms with E-state index in [1.54, 1.807) is 12.1 Å². The van der Waals surface area contributed by atoms with Crippen LogP contribution in [0.5, 0.6) is 0 Å². The molecule has 0 aromatic carbocycles. The number of pyridine rings is 1. The van der Waals surface area contributed by atoms with Gasteiger partial charge in [-0.05, 0) is 31.2 Å². The van der Waals surface area contributed by atoms with Crippen LogP contribution in [-0.2, 0) is 0 Å². The van der Waals surface area contributed by atoms with Crippen molar-refractivity contribution in [2.24, 2.45) is 5.84 Å². The number of nitrogens with zero attached hydrogens (tertiary/aromatic N) is 1. The SMILES string of the molecule is CSC1(CNC(=O)c2ccc(NN)cn2)CC1. The molecule has 1 fully saturated rings. The van der Waals surface area contributed by atoms with Crippen LogP contribution in [0.3, 0.4) is 0 Å². The third-order valence-corrected chi connectivity index (χ3v) is 4.39. The molecule has 1 aliphatic rings. The first kappa shape index (κ1) is 12.2. The highest BCUT2D eigenvalue weighted by atomic mass is 32.2. The van der Waals surface area contributed by atoms with Gasteiger partial charge in [0.1, 0.15) is 5.69 Å². The van der Waals surface area contributed by atoms with E-state index < -0.39 is 0 Å². The number of nitrogens with two attached hydrogens (primary N) is 1. The summed E-state index contributed by atoms with van der Waals surface area (Å²) in [6, 6.07) is 3.38. The number of hydrogen-bond acceptors (Lipinski definition) is 5. The Balaban J connectivity index is 1.90. The number of rotatable bonds is 5. The number of amides is 1. The molecule has 0 spiro atoms. The molecule has 92 valence electrons. The lowest BCUT2D eigenvalue weighted by atomic mass is 10.3. The van der Waals surface area contributed by atoms with E-state index in [2.05, 4.69) is 22.0 Å². The normalized spacial score (nSPS) is 16.4. The lowest BCUT2D eigenvalue weighted by Crippen LogP contribution is -2.32. The van der Waals surface area contributed by atoms with Crippen LogP contribution < -0.4 is 16.6 Å². The molecule has 1 amide bonds. The topological polar surface area (TPSA) is 80.0 Å². The second-order valence-electron chi connectivity index (χ2n) is 4.15. The zero-order valence-electron chi connectivity index (χ0n) is 9.69. The lowest BCUT2D eigenvalue weighted by Gasteiger charge is -2.12. The molecule has 1 aliphatic carbocycles. The fourth-order valence-corrected chi connectivity index (χ4v) is 2.26. The number of carbonyl (C=O) groups is 1. The Hall–Kier alpha value is -1.27. The average molecular weight is 252 g/mol. The monoisotopic (exact) mass is 252 g/mol. The third kappa shape index (κ3) is 2.89. The van der Waals surface area contributed by atoms with Crippen molar-refractivity contribution in [3.05, 3.63) is 24.0 Å². The van der Waals surface area contributed by atoms with Crippen molar-refractivity contribution in [3.8, 4) is 0 Å². The molecule has 17 heavy (non-hydrogen) atoms. The molecule has 0 unspecified atom stereocenters. The number of carbonyl (C=O) groups excluding carboxylic acids is 1. The second-order valence-corrected chi connectivity index (χ2v) is 5.42. The van der Waals surface area contributed by atoms with E-state index in [0.717, 1.165) is 0 Å². The van der Waals surface area contributed by atoms with E-state index in [9.17, 15) is 4.79 Å². The fraction of sp³-hybridized carbons (Fsp3) is 0.455. The zero-order chi connectivity index (χ0) is 12.3. The molecule has 0 radical (unpaired) electrons. The highest BCUT2D eigenvalue weighted by molar-refractivity contribution is 8.00. The van der Waals surface area contributed by atoms with Crippen LogP contribution in [0.2, 0.25) is 0 Å². The summed E-state index contributed by atoms with van der Waals surface area (Å²) in [6.45, 7) is 0.714. The van der Waals surface area contributed by atoms with Gasteiger partial charge in [-0.3, -0.25) is 10.6 Å². The summed E-state index contributed by atoms with van der Waals surface area (Å²) in [6.07, 6.45) is 5.98. The van der Waals surface area contributed by atoms with Gasteiger partial charge in [0.15, 0.2) is 0 Å². The largest absolute Gasteiger partial charge is 0.349 e. The highest BCUT2D eigenvalue weighted by Crippen LogP contribution is 2.46. The summed E-state index contributed by atoms with van der Waals surface area (Å²) in [4.78, 5) is 15.8. The van der Waals surface area contributed by atoms with Crippen molar-refractivity contribution in [3.63, 3.8) is 0 Å². The van der Waals surface area contributed by atoms with Gasteiger partial charge in [-0.2, -0.15) is 11.8 Å². The van der Waals surface area contributed by atoms with Crippen LogP contribution in [0.15, 0.2) is 18.3 Å². The van der Waals surface area contributed by atoms with Crippen LogP contribution >= 0.6 is 11.8 Å². The van der Waals surface area contributed by atoms with Crippen LogP contribution in [0.25, 0.3) is 0 Å². The van der Waals surface area contributed by atoms with Crippen LogP contribution in [0.4, 0.5) is 5.69 Å². The first-order valence-corrected chi connectivity index (χ1v) is 6.68. The number of hydrogen-bond donors (Lipinski definition) is 3.